The second-order valence-corrected chi connectivity index (χ2v) is 6.78. The number of anilines is 2. The summed E-state index contributed by atoms with van der Waals surface area (Å²) in [4.78, 5) is 23.0. The van der Waals surface area contributed by atoms with Crippen LogP contribution in [0.1, 0.15) is 15.9 Å². The lowest BCUT2D eigenvalue weighted by Crippen LogP contribution is -2.20. The van der Waals surface area contributed by atoms with E-state index in [9.17, 15) is 9.59 Å². The molecule has 1 aromatic heterocycles. The Labute approximate surface area is 141 Å². The fraction of sp³-hybridized carbons (Fsp3) is 0.0769. The lowest BCUT2D eigenvalue weighted by atomic mass is 10.2. The first-order valence-corrected chi connectivity index (χ1v) is 8.19. The Kier molecular flexibility index (Phi) is 5.02. The van der Waals surface area contributed by atoms with Crippen molar-refractivity contribution in [2.24, 2.45) is 0 Å². The van der Waals surface area contributed by atoms with Crippen LogP contribution in [0.3, 0.4) is 0 Å². The van der Waals surface area contributed by atoms with Gasteiger partial charge in [-0.25, -0.2) is 9.59 Å². The quantitative estimate of drug-likeness (QED) is 0.642. The van der Waals surface area contributed by atoms with Gasteiger partial charge < -0.3 is 10.4 Å². The molecule has 110 valence electrons. The van der Waals surface area contributed by atoms with Crippen molar-refractivity contribution >= 4 is 65.9 Å². The number of hydrogen-bond acceptors (Lipinski definition) is 3. The maximum absolute atomic E-state index is 12.0. The highest BCUT2D eigenvalue weighted by Gasteiger charge is 2.15. The third-order valence-corrected chi connectivity index (χ3v) is 4.63. The third-order valence-electron chi connectivity index (χ3n) is 2.55. The Hall–Kier alpha value is -1.38. The molecule has 0 radical (unpaired) electrons. The molecule has 0 aliphatic rings. The Bertz CT molecular complexity index is 692. The predicted octanol–water partition coefficient (Wildman–Crippen LogP) is 4.92. The SMILES string of the molecule is Cc1cc(Br)c(NC(=O)Nc2sccc2C(=O)O)c(Br)c1. The number of thiophene rings is 1. The number of amides is 2. The molecule has 1 heterocycles. The van der Waals surface area contributed by atoms with Crippen molar-refractivity contribution in [3.05, 3.63) is 43.7 Å². The Morgan fingerprint density at radius 1 is 1.19 bits per heavy atom. The van der Waals surface area contributed by atoms with Crippen LogP contribution < -0.4 is 10.6 Å². The zero-order valence-corrected chi connectivity index (χ0v) is 14.7. The highest BCUT2D eigenvalue weighted by Crippen LogP contribution is 2.32. The normalized spacial score (nSPS) is 10.2. The summed E-state index contributed by atoms with van der Waals surface area (Å²) < 4.78 is 1.46. The number of nitrogens with one attached hydrogen (secondary N) is 2. The Morgan fingerprint density at radius 3 is 2.38 bits per heavy atom. The van der Waals surface area contributed by atoms with Crippen LogP contribution in [0.15, 0.2) is 32.5 Å². The fourth-order valence-electron chi connectivity index (χ4n) is 1.64. The maximum atomic E-state index is 12.0. The number of rotatable bonds is 3. The van der Waals surface area contributed by atoms with E-state index >= 15 is 0 Å². The first kappa shape index (κ1) is 16.0. The minimum Gasteiger partial charge on any atom is -0.478 e. The van der Waals surface area contributed by atoms with Gasteiger partial charge in [0.25, 0.3) is 0 Å². The van der Waals surface area contributed by atoms with Crippen molar-refractivity contribution in [3.63, 3.8) is 0 Å². The van der Waals surface area contributed by atoms with Crippen LogP contribution in [0.4, 0.5) is 15.5 Å². The zero-order valence-electron chi connectivity index (χ0n) is 10.7. The summed E-state index contributed by atoms with van der Waals surface area (Å²) in [6, 6.07) is 4.67. The molecule has 8 heteroatoms. The minimum atomic E-state index is -1.08. The van der Waals surface area contributed by atoms with Crippen molar-refractivity contribution in [1.82, 2.24) is 0 Å². The lowest BCUT2D eigenvalue weighted by molar-refractivity contribution is 0.0698. The van der Waals surface area contributed by atoms with Gasteiger partial charge in [-0.05, 0) is 67.9 Å². The van der Waals surface area contributed by atoms with E-state index in [4.69, 9.17) is 5.11 Å². The summed E-state index contributed by atoms with van der Waals surface area (Å²) in [6.07, 6.45) is 0. The van der Waals surface area contributed by atoms with Crippen LogP contribution in [-0.4, -0.2) is 17.1 Å². The Morgan fingerprint density at radius 2 is 1.81 bits per heavy atom. The molecule has 3 N–H and O–H groups in total. The number of aromatic carboxylic acids is 1. The molecule has 2 rings (SSSR count). The van der Waals surface area contributed by atoms with E-state index < -0.39 is 12.0 Å². The van der Waals surface area contributed by atoms with Crippen LogP contribution >= 0.6 is 43.2 Å². The number of carbonyl (C=O) groups excluding carboxylic acids is 1. The second-order valence-electron chi connectivity index (χ2n) is 4.15. The van der Waals surface area contributed by atoms with Gasteiger partial charge in [0.15, 0.2) is 0 Å². The molecule has 0 saturated heterocycles. The van der Waals surface area contributed by atoms with E-state index in [1.165, 1.54) is 6.07 Å². The van der Waals surface area contributed by atoms with Gasteiger partial charge in [-0.3, -0.25) is 5.32 Å². The summed E-state index contributed by atoms with van der Waals surface area (Å²) in [7, 11) is 0. The van der Waals surface area contributed by atoms with Crippen LogP contribution in [0.2, 0.25) is 0 Å². The number of carboxylic acids is 1. The molecule has 0 spiro atoms. The summed E-state index contributed by atoms with van der Waals surface area (Å²) in [6.45, 7) is 1.93. The smallest absolute Gasteiger partial charge is 0.338 e. The number of hydrogen-bond donors (Lipinski definition) is 3. The number of aryl methyl sites for hydroxylation is 1. The van der Waals surface area contributed by atoms with E-state index in [-0.39, 0.29) is 5.56 Å². The molecule has 0 fully saturated rings. The number of benzene rings is 1. The summed E-state index contributed by atoms with van der Waals surface area (Å²) >= 11 is 7.91. The van der Waals surface area contributed by atoms with Crippen LogP contribution in [-0.2, 0) is 0 Å². The average Bonchev–Trinajstić information content (AvgIpc) is 2.82. The first-order chi connectivity index (χ1) is 9.88. The molecular weight excluding hydrogens is 424 g/mol. The van der Waals surface area contributed by atoms with Gasteiger partial charge in [0.2, 0.25) is 0 Å². The van der Waals surface area contributed by atoms with Crippen molar-refractivity contribution in [1.29, 1.82) is 0 Å². The van der Waals surface area contributed by atoms with Gasteiger partial charge in [-0.15, -0.1) is 11.3 Å². The van der Waals surface area contributed by atoms with Crippen molar-refractivity contribution in [2.45, 2.75) is 6.92 Å². The van der Waals surface area contributed by atoms with E-state index in [2.05, 4.69) is 42.5 Å². The predicted molar refractivity (Wildman–Crippen MR) is 90.5 cm³/mol. The van der Waals surface area contributed by atoms with Crippen molar-refractivity contribution < 1.29 is 14.7 Å². The molecule has 0 unspecified atom stereocenters. The molecule has 0 bridgehead atoms. The maximum Gasteiger partial charge on any atom is 0.338 e. The molecule has 21 heavy (non-hydrogen) atoms. The lowest BCUT2D eigenvalue weighted by Gasteiger charge is -2.11. The standard InChI is InChI=1S/C13H10Br2N2O3S/c1-6-4-8(14)10(9(15)5-6)16-13(20)17-11-7(12(18)19)2-3-21-11/h2-5H,1H3,(H,18,19)(H2,16,17,20). The molecule has 2 aromatic rings. The van der Waals surface area contributed by atoms with E-state index in [0.717, 1.165) is 25.8 Å². The largest absolute Gasteiger partial charge is 0.478 e. The number of urea groups is 1. The van der Waals surface area contributed by atoms with Crippen LogP contribution in [0, 0.1) is 6.92 Å². The molecule has 1 aromatic carbocycles. The van der Waals surface area contributed by atoms with Gasteiger partial charge in [-0.1, -0.05) is 0 Å². The molecule has 0 atom stereocenters. The number of halogens is 2. The second kappa shape index (κ2) is 6.59. The summed E-state index contributed by atoms with van der Waals surface area (Å²) in [5.41, 5.74) is 1.68. The van der Waals surface area contributed by atoms with Gasteiger partial charge >= 0.3 is 12.0 Å². The van der Waals surface area contributed by atoms with Crippen molar-refractivity contribution in [2.75, 3.05) is 10.6 Å². The van der Waals surface area contributed by atoms with Crippen LogP contribution in [0.5, 0.6) is 0 Å². The topological polar surface area (TPSA) is 78.4 Å². The highest BCUT2D eigenvalue weighted by molar-refractivity contribution is 9.11. The third kappa shape index (κ3) is 3.84. The highest BCUT2D eigenvalue weighted by atomic mass is 79.9. The zero-order chi connectivity index (χ0) is 15.6. The average molecular weight is 434 g/mol. The first-order valence-electron chi connectivity index (χ1n) is 5.73. The van der Waals surface area contributed by atoms with Gasteiger partial charge in [0.1, 0.15) is 5.00 Å². The molecule has 2 amide bonds. The number of carboxylic acid groups (broad SMARTS) is 1. The van der Waals surface area contributed by atoms with E-state index in [0.29, 0.717) is 10.7 Å². The van der Waals surface area contributed by atoms with E-state index in [1.807, 2.05) is 19.1 Å². The van der Waals surface area contributed by atoms with E-state index in [1.54, 1.807) is 5.38 Å². The summed E-state index contributed by atoms with van der Waals surface area (Å²) in [5, 5.41) is 16.1. The monoisotopic (exact) mass is 432 g/mol. The minimum absolute atomic E-state index is 0.0668. The van der Waals surface area contributed by atoms with Crippen LogP contribution in [0.25, 0.3) is 0 Å². The molecule has 0 saturated carbocycles. The van der Waals surface area contributed by atoms with Gasteiger partial charge in [-0.2, -0.15) is 0 Å². The Balaban J connectivity index is 2.16. The number of carbonyl (C=O) groups is 2. The van der Waals surface area contributed by atoms with Gasteiger partial charge in [0.05, 0.1) is 11.3 Å². The molecular formula is C13H10Br2N2O3S. The fourth-order valence-corrected chi connectivity index (χ4v) is 4.03. The summed E-state index contributed by atoms with van der Waals surface area (Å²) in [5.74, 6) is -1.08. The van der Waals surface area contributed by atoms with Gasteiger partial charge in [0, 0.05) is 8.95 Å². The molecule has 5 nitrogen and oxygen atoms in total. The molecule has 0 aliphatic heterocycles. The van der Waals surface area contributed by atoms with Crippen molar-refractivity contribution in [3.8, 4) is 0 Å². The molecule has 0 aliphatic carbocycles.